The Morgan fingerprint density at radius 3 is 1.95 bits per heavy atom. The summed E-state index contributed by atoms with van der Waals surface area (Å²) in [7, 11) is 1.50. The first-order chi connectivity index (χ1) is 21.5. The second-order valence-electron chi connectivity index (χ2n) is 10.1. The minimum absolute atomic E-state index is 0.750. The van der Waals surface area contributed by atoms with Crippen molar-refractivity contribution in [3.8, 4) is 22.3 Å². The summed E-state index contributed by atoms with van der Waals surface area (Å²) in [6, 6.07) is 38.0. The van der Waals surface area contributed by atoms with Crippen molar-refractivity contribution < 1.29 is 4.42 Å². The molecule has 0 aliphatic carbocycles. The van der Waals surface area contributed by atoms with Crippen LogP contribution in [0, 0.1) is 6.92 Å². The van der Waals surface area contributed by atoms with Gasteiger partial charge >= 0.3 is 0 Å². The van der Waals surface area contributed by atoms with Crippen LogP contribution in [0.5, 0.6) is 0 Å². The van der Waals surface area contributed by atoms with Gasteiger partial charge in [0.2, 0.25) is 0 Å². The lowest BCUT2D eigenvalue weighted by atomic mass is 9.98. The fourth-order valence-electron chi connectivity index (χ4n) is 4.83. The highest BCUT2D eigenvalue weighted by molar-refractivity contribution is 6.09. The third-order valence-corrected chi connectivity index (χ3v) is 6.82. The van der Waals surface area contributed by atoms with Crippen LogP contribution in [0.4, 0.5) is 5.69 Å². The van der Waals surface area contributed by atoms with Gasteiger partial charge < -0.3 is 21.6 Å². The normalized spacial score (nSPS) is 10.3. The van der Waals surface area contributed by atoms with Gasteiger partial charge in [0.25, 0.3) is 0 Å². The van der Waals surface area contributed by atoms with Crippen molar-refractivity contribution in [2.75, 3.05) is 19.3 Å². The van der Waals surface area contributed by atoms with E-state index in [1.54, 1.807) is 6.08 Å². The lowest BCUT2D eigenvalue weighted by Gasteiger charge is -2.09. The first-order valence-electron chi connectivity index (χ1n) is 15.0. The van der Waals surface area contributed by atoms with Crippen molar-refractivity contribution in [2.45, 2.75) is 27.2 Å². The number of allylic oxidation sites excluding steroid dienone is 2. The van der Waals surface area contributed by atoms with Gasteiger partial charge in [0, 0.05) is 27.6 Å². The number of fused-ring (bicyclic) bond motifs is 3. The summed E-state index contributed by atoms with van der Waals surface area (Å²) in [5.74, 6) is 0. The van der Waals surface area contributed by atoms with Gasteiger partial charge in [-0.05, 0) is 62.2 Å². The lowest BCUT2D eigenvalue weighted by Crippen LogP contribution is -1.93. The Bertz CT molecular complexity index is 1780. The predicted molar refractivity (Wildman–Crippen MR) is 194 cm³/mol. The zero-order valence-corrected chi connectivity index (χ0v) is 26.4. The average molecular weight is 584 g/mol. The van der Waals surface area contributed by atoms with Crippen LogP contribution in [0.15, 0.2) is 132 Å². The van der Waals surface area contributed by atoms with Crippen molar-refractivity contribution in [2.24, 2.45) is 11.5 Å². The standard InChI is InChI=1S/C34H27NO.C3H6.C2H7N.CH5N/c1-23-15-19-25(20-16-23)28-11-5-9-27(33(28)35)8-4-7-24-17-21-26(22-18-24)29-12-6-13-31-30-10-2-3-14-32(30)36-34(29)31;1-3-2;1-2-3;1-2/h2-6,8-22H,7,35H2,1H3;3H,1H2,2H3;2-3H2,1H3;2H2,1H3/b8-4-;;;. The van der Waals surface area contributed by atoms with Crippen molar-refractivity contribution in [3.05, 3.63) is 145 Å². The van der Waals surface area contributed by atoms with E-state index >= 15 is 0 Å². The van der Waals surface area contributed by atoms with Crippen molar-refractivity contribution in [3.63, 3.8) is 0 Å². The summed E-state index contributed by atoms with van der Waals surface area (Å²) in [6.45, 7) is 10.00. The predicted octanol–water partition coefficient (Wildman–Crippen LogP) is 9.80. The van der Waals surface area contributed by atoms with Crippen LogP contribution in [-0.2, 0) is 6.42 Å². The van der Waals surface area contributed by atoms with Crippen LogP contribution >= 0.6 is 0 Å². The third-order valence-electron chi connectivity index (χ3n) is 6.82. The number of hydrogen-bond acceptors (Lipinski definition) is 4. The zero-order valence-electron chi connectivity index (χ0n) is 26.4. The van der Waals surface area contributed by atoms with E-state index in [2.05, 4.69) is 128 Å². The van der Waals surface area contributed by atoms with Gasteiger partial charge in [-0.1, -0.05) is 134 Å². The molecule has 1 aromatic heterocycles. The van der Waals surface area contributed by atoms with Crippen LogP contribution in [-0.4, -0.2) is 13.6 Å². The molecule has 0 fully saturated rings. The molecule has 0 spiro atoms. The van der Waals surface area contributed by atoms with E-state index in [-0.39, 0.29) is 0 Å². The number of aryl methyl sites for hydroxylation is 1. The Morgan fingerprint density at radius 2 is 1.27 bits per heavy atom. The van der Waals surface area contributed by atoms with E-state index in [9.17, 15) is 0 Å². The quantitative estimate of drug-likeness (QED) is 0.139. The van der Waals surface area contributed by atoms with Crippen LogP contribution < -0.4 is 17.2 Å². The van der Waals surface area contributed by atoms with Crippen LogP contribution in [0.1, 0.15) is 30.5 Å². The summed E-state index contributed by atoms with van der Waals surface area (Å²) in [5, 5.41) is 2.31. The molecule has 0 saturated heterocycles. The van der Waals surface area contributed by atoms with Crippen molar-refractivity contribution >= 4 is 33.7 Å². The Balaban J connectivity index is 0.000000603. The molecule has 6 N–H and O–H groups in total. The van der Waals surface area contributed by atoms with E-state index in [0.717, 1.165) is 68.4 Å². The maximum atomic E-state index is 6.53. The Kier molecular flexibility index (Phi) is 13.2. The minimum Gasteiger partial charge on any atom is -0.455 e. The number of anilines is 1. The van der Waals surface area contributed by atoms with Crippen LogP contribution in [0.25, 0.3) is 50.3 Å². The molecule has 1 heterocycles. The molecule has 0 amide bonds. The highest BCUT2D eigenvalue weighted by Crippen LogP contribution is 2.35. The number of nitrogens with two attached hydrogens (primary N) is 3. The van der Waals surface area contributed by atoms with Gasteiger partial charge in [-0.25, -0.2) is 0 Å². The molecule has 4 heteroatoms. The molecule has 0 aliphatic heterocycles. The molecule has 44 heavy (non-hydrogen) atoms. The monoisotopic (exact) mass is 583 g/mol. The Morgan fingerprint density at radius 1 is 0.727 bits per heavy atom. The molecule has 226 valence electrons. The van der Waals surface area contributed by atoms with Gasteiger partial charge in [0.05, 0.1) is 0 Å². The van der Waals surface area contributed by atoms with E-state index in [1.807, 2.05) is 26.0 Å². The summed E-state index contributed by atoms with van der Waals surface area (Å²) in [5.41, 5.74) is 26.6. The molecule has 0 bridgehead atoms. The maximum absolute atomic E-state index is 6.53. The Labute approximate surface area is 262 Å². The van der Waals surface area contributed by atoms with Crippen LogP contribution in [0.3, 0.4) is 0 Å². The van der Waals surface area contributed by atoms with Crippen molar-refractivity contribution in [1.82, 2.24) is 0 Å². The maximum Gasteiger partial charge on any atom is 0.143 e. The number of para-hydroxylation sites is 3. The topological polar surface area (TPSA) is 91.2 Å². The fourth-order valence-corrected chi connectivity index (χ4v) is 4.83. The molecule has 0 unspecified atom stereocenters. The fraction of sp³-hybridized carbons (Fsp3) is 0.150. The minimum atomic E-state index is 0.750. The molecular weight excluding hydrogens is 538 g/mol. The molecule has 0 radical (unpaired) electrons. The summed E-state index contributed by atoms with van der Waals surface area (Å²) >= 11 is 0. The first-order valence-corrected chi connectivity index (χ1v) is 15.0. The van der Waals surface area contributed by atoms with E-state index in [1.165, 1.54) is 18.2 Å². The summed E-state index contributed by atoms with van der Waals surface area (Å²) < 4.78 is 6.22. The number of hydrogen-bond donors (Lipinski definition) is 3. The molecule has 5 aromatic carbocycles. The van der Waals surface area contributed by atoms with E-state index in [0.29, 0.717) is 0 Å². The lowest BCUT2D eigenvalue weighted by molar-refractivity contribution is 0.670. The smallest absolute Gasteiger partial charge is 0.143 e. The molecular formula is C40H45N3O. The average Bonchev–Trinajstić information content (AvgIpc) is 3.44. The first kappa shape index (κ1) is 33.6. The SMILES string of the molecule is C=CC.CCN.CN.Cc1ccc(-c2cccc(/C=C\Cc3ccc(-c4cccc5c4oc4ccccc45)cc3)c2N)cc1. The van der Waals surface area contributed by atoms with E-state index in [4.69, 9.17) is 15.9 Å². The summed E-state index contributed by atoms with van der Waals surface area (Å²) in [4.78, 5) is 0. The van der Waals surface area contributed by atoms with Crippen molar-refractivity contribution in [1.29, 1.82) is 0 Å². The van der Waals surface area contributed by atoms with Crippen LogP contribution in [0.2, 0.25) is 0 Å². The highest BCUT2D eigenvalue weighted by Gasteiger charge is 2.11. The molecule has 6 aromatic rings. The van der Waals surface area contributed by atoms with Gasteiger partial charge in [-0.3, -0.25) is 0 Å². The summed E-state index contributed by atoms with van der Waals surface area (Å²) in [6.07, 6.45) is 6.89. The van der Waals surface area contributed by atoms with Gasteiger partial charge in [0.1, 0.15) is 11.2 Å². The largest absolute Gasteiger partial charge is 0.455 e. The molecule has 0 aliphatic rings. The molecule has 0 saturated carbocycles. The van der Waals surface area contributed by atoms with Gasteiger partial charge in [0.15, 0.2) is 0 Å². The van der Waals surface area contributed by atoms with Gasteiger partial charge in [-0.2, -0.15) is 0 Å². The second kappa shape index (κ2) is 17.3. The molecule has 6 rings (SSSR count). The van der Waals surface area contributed by atoms with E-state index < -0.39 is 0 Å². The second-order valence-corrected chi connectivity index (χ2v) is 10.1. The highest BCUT2D eigenvalue weighted by atomic mass is 16.3. The molecule has 4 nitrogen and oxygen atoms in total. The number of nitrogen functional groups attached to an aromatic ring is 1. The van der Waals surface area contributed by atoms with Gasteiger partial charge in [-0.15, -0.1) is 6.58 Å². The number of furan rings is 1. The number of rotatable bonds is 5. The molecule has 0 atom stereocenters. The Hall–Kier alpha value is -4.90. The third kappa shape index (κ3) is 8.35. The number of benzene rings is 5. The zero-order chi connectivity index (χ0) is 31.9.